The summed E-state index contributed by atoms with van der Waals surface area (Å²) in [6.07, 6.45) is 0.397. The number of nitrogens with one attached hydrogen (secondary N) is 1. The maximum atomic E-state index is 13.4. The Kier molecular flexibility index (Phi) is 4.44. The van der Waals surface area contributed by atoms with Gasteiger partial charge in [0.15, 0.2) is 5.72 Å². The normalized spacial score (nSPS) is 24.2. The van der Waals surface area contributed by atoms with E-state index in [9.17, 15) is 19.2 Å². The highest BCUT2D eigenvalue weighted by Crippen LogP contribution is 2.49. The van der Waals surface area contributed by atoms with Crippen molar-refractivity contribution in [3.8, 4) is 5.75 Å². The lowest BCUT2D eigenvalue weighted by atomic mass is 9.73. The van der Waals surface area contributed by atoms with E-state index in [-0.39, 0.29) is 19.0 Å². The van der Waals surface area contributed by atoms with E-state index in [1.54, 1.807) is 37.3 Å². The van der Waals surface area contributed by atoms with Crippen LogP contribution in [0.5, 0.6) is 5.75 Å². The van der Waals surface area contributed by atoms with Crippen molar-refractivity contribution in [3.63, 3.8) is 0 Å². The number of carbonyl (C=O) groups excluding carboxylic acids is 2. The number of piperidine rings is 1. The number of benzene rings is 2. The van der Waals surface area contributed by atoms with Gasteiger partial charge >= 0.3 is 11.1 Å². The lowest BCUT2D eigenvalue weighted by Gasteiger charge is -2.52. The Bertz CT molecular complexity index is 1380. The molecule has 2 aliphatic rings. The molecule has 2 amide bonds. The quantitative estimate of drug-likeness (QED) is 0.466. The molecule has 2 aromatic carbocycles. The number of ether oxygens (including phenoxy) is 1. The third kappa shape index (κ3) is 2.92. The number of hydrogen-bond acceptors (Lipinski definition) is 5. The number of carbonyl (C=O) groups is 2. The van der Waals surface area contributed by atoms with Crippen LogP contribution in [0, 0.1) is 5.92 Å². The first kappa shape index (κ1) is 20.0. The number of primary amides is 1. The molecule has 0 saturated carbocycles. The number of hydrogen-bond donors (Lipinski definition) is 2. The minimum atomic E-state index is -1.03. The first-order valence-corrected chi connectivity index (χ1v) is 10.4. The predicted octanol–water partition coefficient (Wildman–Crippen LogP) is 0.916. The number of fused-ring (bicyclic) bond motifs is 5. The van der Waals surface area contributed by atoms with Crippen LogP contribution >= 0.6 is 0 Å². The Morgan fingerprint density at radius 2 is 1.84 bits per heavy atom. The third-order valence-electron chi connectivity index (χ3n) is 6.49. The average Bonchev–Trinajstić information content (AvgIpc) is 2.75. The van der Waals surface area contributed by atoms with Crippen molar-refractivity contribution in [1.82, 2.24) is 14.5 Å². The van der Waals surface area contributed by atoms with Gasteiger partial charge in [0.1, 0.15) is 11.7 Å². The maximum Gasteiger partial charge on any atom is 0.316 e. The number of likely N-dealkylation sites (tertiary alicyclic amines) is 1. The zero-order chi connectivity index (χ0) is 22.6. The third-order valence-corrected chi connectivity index (χ3v) is 6.49. The fraction of sp³-hybridized carbons (Fsp3) is 0.304. The second-order valence-corrected chi connectivity index (χ2v) is 8.42. The minimum absolute atomic E-state index is 0.0613. The number of nitrogens with two attached hydrogens (primary N) is 1. The molecule has 3 heterocycles. The highest BCUT2D eigenvalue weighted by Gasteiger charge is 2.55. The van der Waals surface area contributed by atoms with Crippen LogP contribution in [0.15, 0.2) is 58.1 Å². The summed E-state index contributed by atoms with van der Waals surface area (Å²) >= 11 is 0. The van der Waals surface area contributed by atoms with Crippen LogP contribution < -0.4 is 21.6 Å². The first-order chi connectivity index (χ1) is 15.3. The van der Waals surface area contributed by atoms with Gasteiger partial charge in [-0.15, -0.1) is 0 Å². The smallest absolute Gasteiger partial charge is 0.316 e. The summed E-state index contributed by atoms with van der Waals surface area (Å²) in [6, 6.07) is 14.3. The standard InChI is InChI=1S/C23H22N4O5/c1-23-12-14(13-6-2-5-9-17(13)32-23)18(19(24)28)21(30)27(23)11-10-26-16-8-4-3-7-15(16)25-20(29)22(26)31/h2-9,14,18H,10-12H2,1H3,(H2,24,28)(H,25,29)/t14-,18+,23-/m0/s1. The molecule has 9 nitrogen and oxygen atoms in total. The first-order valence-electron chi connectivity index (χ1n) is 10.4. The summed E-state index contributed by atoms with van der Waals surface area (Å²) in [6.45, 7) is 1.93. The Balaban J connectivity index is 1.55. The van der Waals surface area contributed by atoms with Gasteiger partial charge in [-0.1, -0.05) is 30.3 Å². The summed E-state index contributed by atoms with van der Waals surface area (Å²) in [4.78, 5) is 54.5. The van der Waals surface area contributed by atoms with E-state index >= 15 is 0 Å². The summed E-state index contributed by atoms with van der Waals surface area (Å²) in [5, 5.41) is 0. The molecule has 32 heavy (non-hydrogen) atoms. The molecule has 3 N–H and O–H groups in total. The van der Waals surface area contributed by atoms with E-state index in [0.717, 1.165) is 5.56 Å². The summed E-state index contributed by atoms with van der Waals surface area (Å²) < 4.78 is 7.57. The molecule has 5 rings (SSSR count). The monoisotopic (exact) mass is 434 g/mol. The number of rotatable bonds is 4. The van der Waals surface area contributed by atoms with Gasteiger partial charge in [0.25, 0.3) is 0 Å². The van der Waals surface area contributed by atoms with E-state index in [4.69, 9.17) is 10.5 Å². The highest BCUT2D eigenvalue weighted by atomic mass is 16.5. The van der Waals surface area contributed by atoms with Crippen molar-refractivity contribution < 1.29 is 14.3 Å². The van der Waals surface area contributed by atoms with Crippen LogP contribution in [-0.4, -0.2) is 38.5 Å². The molecule has 3 atom stereocenters. The Morgan fingerprint density at radius 1 is 1.12 bits per heavy atom. The number of amides is 2. The molecule has 2 bridgehead atoms. The minimum Gasteiger partial charge on any atom is -0.468 e. The number of aromatic nitrogens is 2. The van der Waals surface area contributed by atoms with Crippen molar-refractivity contribution in [2.24, 2.45) is 11.7 Å². The van der Waals surface area contributed by atoms with Gasteiger partial charge in [-0.2, -0.15) is 0 Å². The Hall–Kier alpha value is -3.88. The van der Waals surface area contributed by atoms with Gasteiger partial charge in [-0.25, -0.2) is 0 Å². The van der Waals surface area contributed by atoms with E-state index < -0.39 is 34.6 Å². The molecule has 2 aliphatic heterocycles. The van der Waals surface area contributed by atoms with E-state index in [1.807, 2.05) is 18.2 Å². The molecule has 164 valence electrons. The molecule has 1 saturated heterocycles. The average molecular weight is 434 g/mol. The molecule has 0 radical (unpaired) electrons. The number of nitrogens with zero attached hydrogens (tertiary/aromatic N) is 2. The zero-order valence-corrected chi connectivity index (χ0v) is 17.4. The molecular formula is C23H22N4O5. The Labute approximate surface area is 182 Å². The van der Waals surface area contributed by atoms with Crippen LogP contribution in [0.4, 0.5) is 0 Å². The summed E-state index contributed by atoms with van der Waals surface area (Å²) in [5.41, 5.74) is 5.05. The Morgan fingerprint density at radius 3 is 2.62 bits per heavy atom. The molecular weight excluding hydrogens is 412 g/mol. The van der Waals surface area contributed by atoms with Crippen molar-refractivity contribution in [3.05, 3.63) is 74.8 Å². The zero-order valence-electron chi connectivity index (χ0n) is 17.4. The second kappa shape index (κ2) is 7.08. The van der Waals surface area contributed by atoms with Gasteiger partial charge in [-0.3, -0.25) is 19.2 Å². The van der Waals surface area contributed by atoms with Gasteiger partial charge in [-0.05, 0) is 30.7 Å². The van der Waals surface area contributed by atoms with Crippen LogP contribution in [0.25, 0.3) is 11.0 Å². The SMILES string of the molecule is C[C@@]12C[C@@H](c3ccccc3O1)[C@H](C(N)=O)C(=O)N2CCn1c(=O)c(=O)[nH]c2ccccc21. The molecule has 0 unspecified atom stereocenters. The molecule has 1 aromatic heterocycles. The van der Waals surface area contributed by atoms with Crippen molar-refractivity contribution in [1.29, 1.82) is 0 Å². The van der Waals surface area contributed by atoms with Crippen LogP contribution in [-0.2, 0) is 16.1 Å². The molecule has 9 heteroatoms. The van der Waals surface area contributed by atoms with Gasteiger partial charge in [0.05, 0.1) is 11.0 Å². The number of para-hydroxylation sites is 3. The van der Waals surface area contributed by atoms with Crippen molar-refractivity contribution in [2.75, 3.05) is 6.54 Å². The van der Waals surface area contributed by atoms with E-state index in [0.29, 0.717) is 23.2 Å². The summed E-state index contributed by atoms with van der Waals surface area (Å²) in [7, 11) is 0. The highest BCUT2D eigenvalue weighted by molar-refractivity contribution is 6.01. The summed E-state index contributed by atoms with van der Waals surface area (Å²) in [5.74, 6) is -1.93. The molecule has 0 aliphatic carbocycles. The van der Waals surface area contributed by atoms with Crippen molar-refractivity contribution in [2.45, 2.75) is 31.5 Å². The maximum absolute atomic E-state index is 13.4. The van der Waals surface area contributed by atoms with E-state index in [1.165, 1.54) is 9.47 Å². The van der Waals surface area contributed by atoms with Gasteiger partial charge in [0, 0.05) is 25.4 Å². The molecule has 3 aromatic rings. The fourth-order valence-electron chi connectivity index (χ4n) is 5.02. The lowest BCUT2D eigenvalue weighted by molar-refractivity contribution is -0.175. The molecule has 1 fully saturated rings. The largest absolute Gasteiger partial charge is 0.468 e. The van der Waals surface area contributed by atoms with Crippen LogP contribution in [0.2, 0.25) is 0 Å². The predicted molar refractivity (Wildman–Crippen MR) is 116 cm³/mol. The molecule has 0 spiro atoms. The fourth-order valence-corrected chi connectivity index (χ4v) is 5.02. The van der Waals surface area contributed by atoms with E-state index in [2.05, 4.69) is 4.98 Å². The number of aromatic amines is 1. The van der Waals surface area contributed by atoms with Crippen molar-refractivity contribution >= 4 is 22.8 Å². The number of H-pyrrole nitrogens is 1. The second-order valence-electron chi connectivity index (χ2n) is 8.42. The lowest BCUT2D eigenvalue weighted by Crippen LogP contribution is -2.65. The van der Waals surface area contributed by atoms with Crippen LogP contribution in [0.3, 0.4) is 0 Å². The van der Waals surface area contributed by atoms with Crippen LogP contribution in [0.1, 0.15) is 24.8 Å². The van der Waals surface area contributed by atoms with Gasteiger partial charge in [0.2, 0.25) is 11.8 Å². The van der Waals surface area contributed by atoms with Gasteiger partial charge < -0.3 is 24.9 Å². The topological polar surface area (TPSA) is 127 Å².